The van der Waals surface area contributed by atoms with Gasteiger partial charge in [-0.2, -0.15) is 0 Å². The van der Waals surface area contributed by atoms with Gasteiger partial charge in [0.1, 0.15) is 6.61 Å². The topological polar surface area (TPSA) is 46.6 Å². The van der Waals surface area contributed by atoms with Crippen LogP contribution >= 0.6 is 0 Å². The van der Waals surface area contributed by atoms with Gasteiger partial charge in [-0.15, -0.1) is 0 Å². The molecule has 4 rings (SSSR count). The molecule has 5 nitrogen and oxygen atoms in total. The molecule has 28 heavy (non-hydrogen) atoms. The molecule has 1 unspecified atom stereocenters. The Hall–Kier alpha value is -2.63. The predicted octanol–water partition coefficient (Wildman–Crippen LogP) is 3.42. The average Bonchev–Trinajstić information content (AvgIpc) is 2.72. The number of pyridine rings is 1. The fourth-order valence-corrected chi connectivity index (χ4v) is 3.68. The van der Waals surface area contributed by atoms with E-state index in [9.17, 15) is 0 Å². The van der Waals surface area contributed by atoms with Crippen LogP contribution in [0.1, 0.15) is 22.9 Å². The molecule has 0 aliphatic carbocycles. The number of likely N-dealkylation sites (N-methyl/N-ethyl adjacent to an activating group) is 1. The Morgan fingerprint density at radius 2 is 1.96 bits per heavy atom. The van der Waals surface area contributed by atoms with E-state index in [1.807, 2.05) is 26.2 Å². The number of methoxy groups -OCH3 is 1. The van der Waals surface area contributed by atoms with Gasteiger partial charge in [0.15, 0.2) is 11.5 Å². The summed E-state index contributed by atoms with van der Waals surface area (Å²) < 4.78 is 11.6. The van der Waals surface area contributed by atoms with Crippen LogP contribution in [-0.2, 0) is 6.42 Å². The molecule has 5 heteroatoms. The highest BCUT2D eigenvalue weighted by Gasteiger charge is 2.25. The first kappa shape index (κ1) is 18.7. The van der Waals surface area contributed by atoms with Crippen LogP contribution in [0.2, 0.25) is 0 Å². The maximum Gasteiger partial charge on any atom is 0.161 e. The van der Waals surface area contributed by atoms with Crippen molar-refractivity contribution < 1.29 is 9.47 Å². The molecule has 1 aromatic heterocycles. The molecule has 1 N–H and O–H groups in total. The van der Waals surface area contributed by atoms with Crippen LogP contribution in [0.15, 0.2) is 48.5 Å². The van der Waals surface area contributed by atoms with Crippen molar-refractivity contribution in [3.8, 4) is 11.5 Å². The summed E-state index contributed by atoms with van der Waals surface area (Å²) in [5, 5.41) is 4.79. The smallest absolute Gasteiger partial charge is 0.161 e. The summed E-state index contributed by atoms with van der Waals surface area (Å²) in [6.45, 7) is 2.39. The molecule has 146 valence electrons. The molecule has 1 aliphatic rings. The number of aromatic nitrogens is 1. The van der Waals surface area contributed by atoms with Crippen molar-refractivity contribution in [1.29, 1.82) is 0 Å². The molecule has 0 bridgehead atoms. The first-order valence-corrected chi connectivity index (χ1v) is 9.73. The van der Waals surface area contributed by atoms with Gasteiger partial charge in [-0.05, 0) is 55.9 Å². The van der Waals surface area contributed by atoms with E-state index in [-0.39, 0.29) is 6.04 Å². The van der Waals surface area contributed by atoms with Crippen molar-refractivity contribution >= 4 is 10.9 Å². The van der Waals surface area contributed by atoms with Crippen LogP contribution in [0.5, 0.6) is 11.5 Å². The summed E-state index contributed by atoms with van der Waals surface area (Å²) in [4.78, 5) is 7.02. The van der Waals surface area contributed by atoms with E-state index in [4.69, 9.17) is 14.5 Å². The normalized spacial score (nSPS) is 16.2. The molecule has 0 spiro atoms. The highest BCUT2D eigenvalue weighted by Crippen LogP contribution is 2.37. The Morgan fingerprint density at radius 3 is 2.79 bits per heavy atom. The number of benzene rings is 2. The summed E-state index contributed by atoms with van der Waals surface area (Å²) in [5.74, 6) is 1.59. The van der Waals surface area contributed by atoms with E-state index in [0.717, 1.165) is 47.6 Å². The van der Waals surface area contributed by atoms with E-state index in [1.165, 1.54) is 11.1 Å². The highest BCUT2D eigenvalue weighted by atomic mass is 16.5. The quantitative estimate of drug-likeness (QED) is 0.713. The van der Waals surface area contributed by atoms with Gasteiger partial charge in [0.05, 0.1) is 24.4 Å². The van der Waals surface area contributed by atoms with Crippen molar-refractivity contribution in [2.45, 2.75) is 12.5 Å². The third kappa shape index (κ3) is 3.81. The number of ether oxygens (including phenoxy) is 2. The lowest BCUT2D eigenvalue weighted by Gasteiger charge is -2.28. The van der Waals surface area contributed by atoms with Crippen molar-refractivity contribution in [3.05, 3.63) is 65.4 Å². The molecule has 0 amide bonds. The minimum atomic E-state index is 0.0514. The SMILES string of the molecule is COc1cc2c(cc1OCCN(C)C)C(c1ccc3ccccc3n1)NCC2. The zero-order chi connectivity index (χ0) is 19.5. The van der Waals surface area contributed by atoms with E-state index < -0.39 is 0 Å². The standard InChI is InChI=1S/C23H27N3O2/c1-26(2)12-13-28-22-15-18-17(14-21(22)27-3)10-11-24-23(18)20-9-8-16-6-4-5-7-19(16)25-20/h4-9,14-15,23-24H,10-13H2,1-3H3. The highest BCUT2D eigenvalue weighted by molar-refractivity contribution is 5.78. The van der Waals surface area contributed by atoms with Gasteiger partial charge in [0.2, 0.25) is 0 Å². The lowest BCUT2D eigenvalue weighted by Crippen LogP contribution is -2.31. The van der Waals surface area contributed by atoms with E-state index in [1.54, 1.807) is 7.11 Å². The maximum absolute atomic E-state index is 6.04. The van der Waals surface area contributed by atoms with Crippen molar-refractivity contribution in [3.63, 3.8) is 0 Å². The molecule has 0 radical (unpaired) electrons. The average molecular weight is 377 g/mol. The number of nitrogens with one attached hydrogen (secondary N) is 1. The second-order valence-electron chi connectivity index (χ2n) is 7.42. The lowest BCUT2D eigenvalue weighted by atomic mass is 9.91. The molecule has 2 heterocycles. The third-order valence-corrected chi connectivity index (χ3v) is 5.19. The summed E-state index contributed by atoms with van der Waals surface area (Å²) in [5.41, 5.74) is 4.55. The number of rotatable bonds is 6. The summed E-state index contributed by atoms with van der Waals surface area (Å²) in [6, 6.07) is 16.8. The number of nitrogens with zero attached hydrogens (tertiary/aromatic N) is 2. The molecular formula is C23H27N3O2. The fraction of sp³-hybridized carbons (Fsp3) is 0.348. The largest absolute Gasteiger partial charge is 0.493 e. The second-order valence-corrected chi connectivity index (χ2v) is 7.42. The van der Waals surface area contributed by atoms with E-state index in [2.05, 4.69) is 46.6 Å². The van der Waals surface area contributed by atoms with Gasteiger partial charge in [0.25, 0.3) is 0 Å². The molecule has 0 saturated heterocycles. The van der Waals surface area contributed by atoms with Gasteiger partial charge in [-0.25, -0.2) is 0 Å². The molecule has 1 atom stereocenters. The fourth-order valence-electron chi connectivity index (χ4n) is 3.68. The molecular weight excluding hydrogens is 350 g/mol. The Morgan fingerprint density at radius 1 is 1.11 bits per heavy atom. The third-order valence-electron chi connectivity index (χ3n) is 5.19. The van der Waals surface area contributed by atoms with Crippen LogP contribution in [0.4, 0.5) is 0 Å². The van der Waals surface area contributed by atoms with Gasteiger partial charge in [0, 0.05) is 18.5 Å². The number of fused-ring (bicyclic) bond motifs is 2. The molecule has 0 saturated carbocycles. The maximum atomic E-state index is 6.04. The van der Waals surface area contributed by atoms with Crippen LogP contribution < -0.4 is 14.8 Å². The van der Waals surface area contributed by atoms with Crippen LogP contribution in [0.3, 0.4) is 0 Å². The van der Waals surface area contributed by atoms with Crippen molar-refractivity contribution in [1.82, 2.24) is 15.2 Å². The van der Waals surface area contributed by atoms with Crippen molar-refractivity contribution in [2.24, 2.45) is 0 Å². The van der Waals surface area contributed by atoms with Gasteiger partial charge >= 0.3 is 0 Å². The number of hydrogen-bond acceptors (Lipinski definition) is 5. The van der Waals surface area contributed by atoms with Gasteiger partial charge < -0.3 is 19.7 Å². The van der Waals surface area contributed by atoms with E-state index in [0.29, 0.717) is 6.61 Å². The van der Waals surface area contributed by atoms with Gasteiger partial charge in [-0.1, -0.05) is 24.3 Å². The Bertz CT molecular complexity index is 971. The summed E-state index contributed by atoms with van der Waals surface area (Å²) in [7, 11) is 5.78. The van der Waals surface area contributed by atoms with Crippen LogP contribution in [-0.4, -0.2) is 50.8 Å². The number of hydrogen-bond donors (Lipinski definition) is 1. The van der Waals surface area contributed by atoms with Crippen molar-refractivity contribution in [2.75, 3.05) is 40.9 Å². The zero-order valence-electron chi connectivity index (χ0n) is 16.7. The first-order valence-electron chi connectivity index (χ1n) is 9.73. The zero-order valence-corrected chi connectivity index (χ0v) is 16.7. The summed E-state index contributed by atoms with van der Waals surface area (Å²) >= 11 is 0. The minimum absolute atomic E-state index is 0.0514. The Kier molecular flexibility index (Phi) is 5.46. The monoisotopic (exact) mass is 377 g/mol. The summed E-state index contributed by atoms with van der Waals surface area (Å²) in [6.07, 6.45) is 0.966. The van der Waals surface area contributed by atoms with Crippen LogP contribution in [0.25, 0.3) is 10.9 Å². The van der Waals surface area contributed by atoms with Gasteiger partial charge in [-0.3, -0.25) is 4.98 Å². The second kappa shape index (κ2) is 8.17. The predicted molar refractivity (Wildman–Crippen MR) is 112 cm³/mol. The number of para-hydroxylation sites is 1. The first-order chi connectivity index (χ1) is 13.7. The Balaban J connectivity index is 1.70. The Labute approximate surface area is 166 Å². The van der Waals surface area contributed by atoms with E-state index >= 15 is 0 Å². The molecule has 2 aromatic carbocycles. The molecule has 1 aliphatic heterocycles. The lowest BCUT2D eigenvalue weighted by molar-refractivity contribution is 0.250. The molecule has 3 aromatic rings. The minimum Gasteiger partial charge on any atom is -0.493 e. The van der Waals surface area contributed by atoms with Crippen LogP contribution in [0, 0.1) is 0 Å². The molecule has 0 fully saturated rings.